The number of anilines is 3. The topological polar surface area (TPSA) is 244 Å². The minimum absolute atomic E-state index is 0.313. The molecule has 1 aromatic carbocycles. The highest BCUT2D eigenvalue weighted by Gasteiger charge is 2.33. The van der Waals surface area contributed by atoms with Crippen LogP contribution in [0.1, 0.15) is 5.56 Å². The highest BCUT2D eigenvalue weighted by molar-refractivity contribution is 5.85. The zero-order chi connectivity index (χ0) is 17.0. The number of nitrogen functional groups attached to an aromatic ring is 3. The lowest BCUT2D eigenvalue weighted by Crippen LogP contribution is -2.38. The second kappa shape index (κ2) is 7.89. The second-order valence-corrected chi connectivity index (χ2v) is 5.01. The quantitative estimate of drug-likeness (QED) is 0.371. The zero-order valence-corrected chi connectivity index (χ0v) is 12.5. The van der Waals surface area contributed by atoms with Gasteiger partial charge in [-0.2, -0.15) is 0 Å². The first kappa shape index (κ1) is 18.9. The van der Waals surface area contributed by atoms with E-state index in [1.807, 2.05) is 0 Å². The fourth-order valence-corrected chi connectivity index (χ4v) is 2.14. The molecule has 0 aliphatic carbocycles. The Labute approximate surface area is 131 Å². The number of benzene rings is 1. The maximum absolute atomic E-state index is 10.6. The molecule has 0 saturated carbocycles. The summed E-state index contributed by atoms with van der Waals surface area (Å²) in [6, 6.07) is 0. The predicted molar refractivity (Wildman–Crippen MR) is 45.7 cm³/mol. The number of rotatable bonds is 7. The Morgan fingerprint density at radius 3 is 1.41 bits per heavy atom. The van der Waals surface area contributed by atoms with Crippen LogP contribution in [0.5, 0.6) is 11.5 Å². The van der Waals surface area contributed by atoms with E-state index in [-0.39, 0.29) is 5.56 Å². The van der Waals surface area contributed by atoms with Gasteiger partial charge in [-0.1, -0.05) is 0 Å². The predicted octanol–water partition coefficient (Wildman–Crippen LogP) is -7.03. The molecule has 0 saturated heterocycles. The third-order valence-corrected chi connectivity index (χ3v) is 3.04. The Morgan fingerprint density at radius 2 is 1.09 bits per heavy atom. The number of nitrogens with two attached hydrogens (primary N) is 3. The fraction of sp³-hybridized carbons (Fsp3) is 0.143. The van der Waals surface area contributed by atoms with Crippen molar-refractivity contribution in [2.24, 2.45) is 0 Å². The summed E-state index contributed by atoms with van der Waals surface area (Å²) < 4.78 is 75.8. The molecular weight excluding hydrogens is 376 g/mol. The standard InChI is InChI=1S/C7H8Cl3N3O9/c11-3-2(1-20-8(14)15)4(12)7(22-10(18)19)5(13)6(3)21-9(16)17/h1,11-13H2. The monoisotopic (exact) mass is 383 g/mol. The molecular formula is C7H8Cl3N3O9. The third-order valence-electron chi connectivity index (χ3n) is 2.20. The van der Waals surface area contributed by atoms with E-state index in [1.54, 1.807) is 0 Å². The summed E-state index contributed by atoms with van der Waals surface area (Å²) >= 11 is 0. The molecule has 22 heavy (non-hydrogen) atoms. The Kier molecular flexibility index (Phi) is 6.76. The minimum Gasteiger partial charge on any atom is -0.395 e. The molecule has 0 spiro atoms. The van der Waals surface area contributed by atoms with Crippen LogP contribution in [0.15, 0.2) is 0 Å². The first-order valence-electron chi connectivity index (χ1n) is 4.81. The van der Waals surface area contributed by atoms with Gasteiger partial charge in [-0.3, -0.25) is 0 Å². The van der Waals surface area contributed by atoms with Gasteiger partial charge in [-0.25, -0.2) is 0 Å². The molecule has 1 rings (SSSR count). The number of halogens is 3. The molecule has 126 valence electrons. The lowest BCUT2D eigenvalue weighted by molar-refractivity contribution is -1.63. The lowest BCUT2D eigenvalue weighted by Gasteiger charge is -2.12. The highest BCUT2D eigenvalue weighted by Crippen LogP contribution is 2.46. The summed E-state index contributed by atoms with van der Waals surface area (Å²) in [6.07, 6.45) is 0. The van der Waals surface area contributed by atoms with E-state index in [0.29, 0.717) is 0 Å². The van der Waals surface area contributed by atoms with Crippen LogP contribution < -0.4 is 53.7 Å². The molecule has 0 radical (unpaired) electrons. The van der Waals surface area contributed by atoms with Gasteiger partial charge in [0.1, 0.15) is 5.69 Å². The average Bonchev–Trinajstić information content (AvgIpc) is 2.39. The highest BCUT2D eigenvalue weighted by atomic mass is 35.6. The molecule has 0 heterocycles. The lowest BCUT2D eigenvalue weighted by atomic mass is 10.1. The molecule has 6 N–H and O–H groups in total. The molecule has 0 fully saturated rings. The van der Waals surface area contributed by atoms with Crippen molar-refractivity contribution in [3.05, 3.63) is 5.56 Å². The second-order valence-electron chi connectivity index (χ2n) is 3.35. The molecule has 0 aliphatic heterocycles. The van der Waals surface area contributed by atoms with Gasteiger partial charge in [-0.15, -0.1) is 8.58 Å². The molecule has 12 nitrogen and oxygen atoms in total. The SMILES string of the molecule is Nc1c(CO[Cl+2]([O-])[O-])c(N)c(O[Cl+2]([O-])[O-])c(N)c1O[Cl+2]([O-])[O-]. The molecule has 0 aliphatic rings. The summed E-state index contributed by atoms with van der Waals surface area (Å²) in [6.45, 7) is -0.763. The van der Waals surface area contributed by atoms with Crippen LogP contribution in [0, 0.1) is 32.4 Å². The third kappa shape index (κ3) is 4.65. The number of hydrogen-bond acceptors (Lipinski definition) is 12. The average molecular weight is 385 g/mol. The molecule has 0 aromatic heterocycles. The van der Waals surface area contributed by atoms with Gasteiger partial charge in [-0.05, 0) is 0 Å². The first-order chi connectivity index (χ1) is 10.1. The van der Waals surface area contributed by atoms with Crippen molar-refractivity contribution in [2.45, 2.75) is 6.61 Å². The van der Waals surface area contributed by atoms with Crippen LogP contribution in [0.25, 0.3) is 0 Å². The van der Waals surface area contributed by atoms with Gasteiger partial charge in [0, 0.05) is 9.85 Å². The van der Waals surface area contributed by atoms with E-state index in [2.05, 4.69) is 12.9 Å². The van der Waals surface area contributed by atoms with Crippen LogP contribution in [0.2, 0.25) is 0 Å². The van der Waals surface area contributed by atoms with Crippen molar-refractivity contribution >= 4 is 17.1 Å². The van der Waals surface area contributed by atoms with Gasteiger partial charge < -0.3 is 45.2 Å². The van der Waals surface area contributed by atoms with E-state index in [0.717, 1.165) is 0 Å². The first-order valence-corrected chi connectivity index (χ1v) is 7.58. The van der Waals surface area contributed by atoms with Crippen molar-refractivity contribution in [3.63, 3.8) is 0 Å². The largest absolute Gasteiger partial charge is 0.395 e. The maximum atomic E-state index is 10.6. The fourth-order valence-electron chi connectivity index (χ4n) is 1.36. The zero-order valence-electron chi connectivity index (χ0n) is 10.2. The van der Waals surface area contributed by atoms with Crippen molar-refractivity contribution in [1.29, 1.82) is 0 Å². The Bertz CT molecular complexity index is 493. The van der Waals surface area contributed by atoms with Crippen LogP contribution in [0.3, 0.4) is 0 Å². The molecule has 0 atom stereocenters. The Hall–Kier alpha value is -1.19. The molecule has 1 aromatic rings. The van der Waals surface area contributed by atoms with Gasteiger partial charge in [0.15, 0.2) is 6.61 Å². The van der Waals surface area contributed by atoms with E-state index >= 15 is 0 Å². The number of hydrogen-bond donors (Lipinski definition) is 3. The normalized spacial score (nSPS) is 11.5. The van der Waals surface area contributed by atoms with E-state index in [9.17, 15) is 28.0 Å². The summed E-state index contributed by atoms with van der Waals surface area (Å²) in [5.74, 6) is -1.42. The van der Waals surface area contributed by atoms with Crippen LogP contribution in [-0.4, -0.2) is 0 Å². The van der Waals surface area contributed by atoms with Crippen molar-refractivity contribution in [2.75, 3.05) is 17.2 Å². The van der Waals surface area contributed by atoms with Gasteiger partial charge >= 0.3 is 21.6 Å². The molecule has 0 unspecified atom stereocenters. The van der Waals surface area contributed by atoms with Crippen molar-refractivity contribution in [3.8, 4) is 11.5 Å². The summed E-state index contributed by atoms with van der Waals surface area (Å²) in [4.78, 5) is 0. The van der Waals surface area contributed by atoms with Crippen LogP contribution >= 0.6 is 0 Å². The van der Waals surface area contributed by atoms with E-state index < -0.39 is 67.5 Å². The molecule has 0 bridgehead atoms. The Balaban J connectivity index is 3.40. The summed E-state index contributed by atoms with van der Waals surface area (Å²) in [7, 11) is -8.14. The van der Waals surface area contributed by atoms with Gasteiger partial charge in [0.25, 0.3) is 22.3 Å². The minimum atomic E-state index is -2.76. The van der Waals surface area contributed by atoms with E-state index in [1.165, 1.54) is 0 Å². The molecule has 0 amide bonds. The van der Waals surface area contributed by atoms with E-state index in [4.69, 9.17) is 17.2 Å². The maximum Gasteiger partial charge on any atom is 0.350 e. The molecule has 15 heteroatoms. The van der Waals surface area contributed by atoms with Gasteiger partial charge in [0.05, 0.1) is 11.4 Å². The van der Waals surface area contributed by atoms with Crippen molar-refractivity contribution < 1.29 is 73.2 Å². The summed E-state index contributed by atoms with van der Waals surface area (Å²) in [5, 5.41) is 0. The Morgan fingerprint density at radius 1 is 0.682 bits per heavy atom. The summed E-state index contributed by atoms with van der Waals surface area (Å²) in [5.41, 5.74) is 14.7. The smallest absolute Gasteiger partial charge is 0.350 e. The van der Waals surface area contributed by atoms with Crippen LogP contribution in [-0.2, 0) is 10.9 Å². The van der Waals surface area contributed by atoms with Gasteiger partial charge in [0.2, 0.25) is 0 Å². The van der Waals surface area contributed by atoms with Crippen LogP contribution in [0.4, 0.5) is 17.1 Å². The van der Waals surface area contributed by atoms with Crippen molar-refractivity contribution in [1.82, 2.24) is 0 Å².